The van der Waals surface area contributed by atoms with E-state index in [1.54, 1.807) is 0 Å². The van der Waals surface area contributed by atoms with E-state index in [9.17, 15) is 4.79 Å². The Labute approximate surface area is 71.6 Å². The van der Waals surface area contributed by atoms with Crippen LogP contribution in [-0.4, -0.2) is 19.1 Å². The summed E-state index contributed by atoms with van der Waals surface area (Å²) in [5.41, 5.74) is 5.89. The average Bonchev–Trinajstić information content (AvgIpc) is 2.63. The van der Waals surface area contributed by atoms with E-state index in [1.165, 1.54) is 7.11 Å². The third-order valence-electron chi connectivity index (χ3n) is 2.99. The summed E-state index contributed by atoms with van der Waals surface area (Å²) in [6.45, 7) is 0. The third-order valence-corrected chi connectivity index (χ3v) is 2.99. The number of carbonyl (C=O) groups is 1. The minimum absolute atomic E-state index is 0.0209. The fourth-order valence-corrected chi connectivity index (χ4v) is 2.33. The largest absolute Gasteiger partial charge is 0.469 e. The molecule has 0 saturated heterocycles. The van der Waals surface area contributed by atoms with Gasteiger partial charge in [0.05, 0.1) is 13.0 Å². The molecule has 0 aromatic carbocycles. The van der Waals surface area contributed by atoms with Crippen LogP contribution in [0.1, 0.15) is 6.42 Å². The van der Waals surface area contributed by atoms with Gasteiger partial charge in [-0.3, -0.25) is 4.79 Å². The Morgan fingerprint density at radius 3 is 2.67 bits per heavy atom. The van der Waals surface area contributed by atoms with Gasteiger partial charge in [0.15, 0.2) is 0 Å². The predicted molar refractivity (Wildman–Crippen MR) is 44.2 cm³/mol. The second-order valence-electron chi connectivity index (χ2n) is 3.57. The zero-order valence-electron chi connectivity index (χ0n) is 7.07. The highest BCUT2D eigenvalue weighted by Crippen LogP contribution is 2.42. The topological polar surface area (TPSA) is 52.3 Å². The number of methoxy groups -OCH3 is 1. The molecule has 2 N–H and O–H groups in total. The molecule has 0 unspecified atom stereocenters. The number of carbonyl (C=O) groups excluding carboxylic acids is 1. The molecule has 3 nitrogen and oxygen atoms in total. The van der Waals surface area contributed by atoms with E-state index in [0.717, 1.165) is 6.42 Å². The molecular weight excluding hydrogens is 154 g/mol. The summed E-state index contributed by atoms with van der Waals surface area (Å²) in [6, 6.07) is -0.0209. The maximum absolute atomic E-state index is 11.3. The molecule has 66 valence electrons. The van der Waals surface area contributed by atoms with Gasteiger partial charge < -0.3 is 10.5 Å². The summed E-state index contributed by atoms with van der Waals surface area (Å²) in [5.74, 6) is 0.487. The van der Waals surface area contributed by atoms with Gasteiger partial charge in [0.2, 0.25) is 0 Å². The van der Waals surface area contributed by atoms with E-state index in [0.29, 0.717) is 11.8 Å². The third kappa shape index (κ3) is 0.894. The molecule has 0 aromatic rings. The number of ether oxygens (including phenoxy) is 1. The van der Waals surface area contributed by atoms with Crippen LogP contribution in [0, 0.1) is 17.8 Å². The molecule has 0 aliphatic heterocycles. The van der Waals surface area contributed by atoms with Gasteiger partial charge in [-0.15, -0.1) is 0 Å². The number of hydrogen-bond donors (Lipinski definition) is 1. The summed E-state index contributed by atoms with van der Waals surface area (Å²) >= 11 is 0. The summed E-state index contributed by atoms with van der Waals surface area (Å²) in [7, 11) is 1.42. The molecule has 2 rings (SSSR count). The first kappa shape index (κ1) is 7.80. The van der Waals surface area contributed by atoms with Crippen LogP contribution >= 0.6 is 0 Å². The number of allylic oxidation sites excluding steroid dienone is 1. The van der Waals surface area contributed by atoms with Crippen LogP contribution in [0.25, 0.3) is 0 Å². The standard InChI is InChI=1S/C9H13NO2/c1-12-9(11)7-5-2-3-6(4-5)8(7)10/h2-3,5-8H,4,10H2,1H3/t5-,6+,7-,8+/m0/s1. The van der Waals surface area contributed by atoms with Crippen molar-refractivity contribution >= 4 is 5.97 Å². The van der Waals surface area contributed by atoms with E-state index in [4.69, 9.17) is 10.5 Å². The van der Waals surface area contributed by atoms with Crippen LogP contribution in [-0.2, 0) is 9.53 Å². The highest BCUT2D eigenvalue weighted by atomic mass is 16.5. The molecule has 0 amide bonds. The van der Waals surface area contributed by atoms with E-state index in [1.807, 2.05) is 0 Å². The van der Waals surface area contributed by atoms with Gasteiger partial charge in [-0.25, -0.2) is 0 Å². The van der Waals surface area contributed by atoms with E-state index < -0.39 is 0 Å². The fourth-order valence-electron chi connectivity index (χ4n) is 2.33. The minimum Gasteiger partial charge on any atom is -0.469 e. The lowest BCUT2D eigenvalue weighted by Crippen LogP contribution is -2.39. The van der Waals surface area contributed by atoms with Gasteiger partial charge in [-0.1, -0.05) is 12.2 Å². The number of esters is 1. The smallest absolute Gasteiger partial charge is 0.310 e. The van der Waals surface area contributed by atoms with Crippen molar-refractivity contribution in [3.05, 3.63) is 12.2 Å². The molecule has 12 heavy (non-hydrogen) atoms. The molecule has 0 heterocycles. The quantitative estimate of drug-likeness (QED) is 0.451. The van der Waals surface area contributed by atoms with Crippen LogP contribution in [0.5, 0.6) is 0 Å². The molecule has 2 bridgehead atoms. The number of nitrogens with two attached hydrogens (primary N) is 1. The van der Waals surface area contributed by atoms with Crippen LogP contribution in [0.4, 0.5) is 0 Å². The highest BCUT2D eigenvalue weighted by molar-refractivity contribution is 5.75. The summed E-state index contributed by atoms with van der Waals surface area (Å²) in [4.78, 5) is 11.3. The molecule has 4 atom stereocenters. The Morgan fingerprint density at radius 2 is 2.17 bits per heavy atom. The Balaban J connectivity index is 2.18. The lowest BCUT2D eigenvalue weighted by Gasteiger charge is -2.21. The minimum atomic E-state index is -0.153. The van der Waals surface area contributed by atoms with Gasteiger partial charge in [-0.2, -0.15) is 0 Å². The van der Waals surface area contributed by atoms with Crippen molar-refractivity contribution in [2.45, 2.75) is 12.5 Å². The Bertz CT molecular complexity index is 237. The predicted octanol–water partition coefficient (Wildman–Crippen LogP) is 0.309. The van der Waals surface area contributed by atoms with Crippen molar-refractivity contribution in [1.29, 1.82) is 0 Å². The summed E-state index contributed by atoms with van der Waals surface area (Å²) in [5, 5.41) is 0. The zero-order valence-corrected chi connectivity index (χ0v) is 7.07. The second-order valence-corrected chi connectivity index (χ2v) is 3.57. The van der Waals surface area contributed by atoms with Crippen molar-refractivity contribution in [1.82, 2.24) is 0 Å². The summed E-state index contributed by atoms with van der Waals surface area (Å²) < 4.78 is 4.70. The van der Waals surface area contributed by atoms with Gasteiger partial charge in [-0.05, 0) is 18.3 Å². The zero-order chi connectivity index (χ0) is 8.72. The van der Waals surface area contributed by atoms with E-state index in [2.05, 4.69) is 12.2 Å². The van der Waals surface area contributed by atoms with Crippen LogP contribution in [0.3, 0.4) is 0 Å². The normalized spacial score (nSPS) is 43.5. The van der Waals surface area contributed by atoms with Gasteiger partial charge in [0.1, 0.15) is 0 Å². The molecule has 0 spiro atoms. The van der Waals surface area contributed by atoms with Gasteiger partial charge in [0, 0.05) is 6.04 Å². The van der Waals surface area contributed by atoms with E-state index in [-0.39, 0.29) is 17.9 Å². The lowest BCUT2D eigenvalue weighted by molar-refractivity contribution is -0.146. The number of hydrogen-bond acceptors (Lipinski definition) is 3. The van der Waals surface area contributed by atoms with Crippen LogP contribution in [0.2, 0.25) is 0 Å². The lowest BCUT2D eigenvalue weighted by atomic mass is 9.90. The van der Waals surface area contributed by atoms with Crippen molar-refractivity contribution in [3.8, 4) is 0 Å². The molecular formula is C9H13NO2. The van der Waals surface area contributed by atoms with E-state index >= 15 is 0 Å². The molecule has 0 radical (unpaired) electrons. The first-order chi connectivity index (χ1) is 5.74. The Kier molecular flexibility index (Phi) is 1.68. The second kappa shape index (κ2) is 2.59. The molecule has 3 heteroatoms. The first-order valence-electron chi connectivity index (χ1n) is 4.26. The van der Waals surface area contributed by atoms with Crippen molar-refractivity contribution in [3.63, 3.8) is 0 Å². The summed E-state index contributed by atoms with van der Waals surface area (Å²) in [6.07, 6.45) is 5.24. The highest BCUT2D eigenvalue weighted by Gasteiger charge is 2.46. The maximum Gasteiger partial charge on any atom is 0.310 e. The molecule has 1 fully saturated rings. The number of fused-ring (bicyclic) bond motifs is 2. The molecule has 2 aliphatic carbocycles. The van der Waals surface area contributed by atoms with Crippen LogP contribution < -0.4 is 5.73 Å². The van der Waals surface area contributed by atoms with Crippen LogP contribution in [0.15, 0.2) is 12.2 Å². The van der Waals surface area contributed by atoms with Gasteiger partial charge >= 0.3 is 5.97 Å². The van der Waals surface area contributed by atoms with Crippen molar-refractivity contribution < 1.29 is 9.53 Å². The monoisotopic (exact) mass is 167 g/mol. The average molecular weight is 167 g/mol. The van der Waals surface area contributed by atoms with Crippen molar-refractivity contribution in [2.75, 3.05) is 7.11 Å². The fraction of sp³-hybridized carbons (Fsp3) is 0.667. The Hall–Kier alpha value is -0.830. The van der Waals surface area contributed by atoms with Gasteiger partial charge in [0.25, 0.3) is 0 Å². The molecule has 1 saturated carbocycles. The van der Waals surface area contributed by atoms with Crippen molar-refractivity contribution in [2.24, 2.45) is 23.5 Å². The number of rotatable bonds is 1. The maximum atomic E-state index is 11.3. The molecule has 0 aromatic heterocycles. The molecule has 2 aliphatic rings. The Morgan fingerprint density at radius 1 is 1.50 bits per heavy atom. The SMILES string of the molecule is COC(=O)[C@@H]1[C@H](N)[C@@H]2C=C[C@H]1C2. The first-order valence-corrected chi connectivity index (χ1v) is 4.26.